The lowest BCUT2D eigenvalue weighted by atomic mass is 10.00. The standard InChI is InChI=1S/C35H30Cl3N5O6/c1-2-32(46)40-8-10-41(11-9-40)34(48)25-15-27(36)24(17-30(25)44)22-5-3-4-21(14-22)6-7-33(47)43-13-12-42(20-23(43)19-39)35(49)26-16-28(37)29(38)18-31(26)45/h2-7,14-18,23,44-45H,1,8-13,20H2. The first kappa shape index (κ1) is 35.3. The average molecular weight is 723 g/mol. The van der Waals surface area contributed by atoms with Gasteiger partial charge in [-0.1, -0.05) is 59.6 Å². The van der Waals surface area contributed by atoms with Gasteiger partial charge in [-0.2, -0.15) is 5.26 Å². The third kappa shape index (κ3) is 7.67. The zero-order valence-corrected chi connectivity index (χ0v) is 28.3. The number of phenolic OH excluding ortho intramolecular Hbond substituents is 2. The smallest absolute Gasteiger partial charge is 0.257 e. The zero-order valence-electron chi connectivity index (χ0n) is 26.0. The van der Waals surface area contributed by atoms with Gasteiger partial charge in [-0.05, 0) is 47.5 Å². The van der Waals surface area contributed by atoms with Crippen LogP contribution in [0.3, 0.4) is 0 Å². The summed E-state index contributed by atoms with van der Waals surface area (Å²) in [4.78, 5) is 57.2. The Bertz CT molecular complexity index is 1920. The number of nitrogens with zero attached hydrogens (tertiary/aromatic N) is 5. The van der Waals surface area contributed by atoms with Crippen molar-refractivity contribution in [2.45, 2.75) is 6.04 Å². The molecule has 0 bridgehead atoms. The monoisotopic (exact) mass is 721 g/mol. The van der Waals surface area contributed by atoms with E-state index in [2.05, 4.69) is 12.6 Å². The fraction of sp³-hybridized carbons (Fsp3) is 0.229. The number of carbonyl (C=O) groups is 4. The van der Waals surface area contributed by atoms with E-state index in [1.165, 1.54) is 46.2 Å². The topological polar surface area (TPSA) is 145 Å². The van der Waals surface area contributed by atoms with Crippen molar-refractivity contribution in [3.05, 3.63) is 99.0 Å². The highest BCUT2D eigenvalue weighted by atomic mass is 35.5. The van der Waals surface area contributed by atoms with Gasteiger partial charge in [0, 0.05) is 62.0 Å². The Balaban J connectivity index is 1.25. The van der Waals surface area contributed by atoms with E-state index < -0.39 is 23.8 Å². The summed E-state index contributed by atoms with van der Waals surface area (Å²) in [5.74, 6) is -2.18. The molecule has 2 fully saturated rings. The number of piperazine rings is 2. The number of phenols is 2. The molecule has 0 aliphatic carbocycles. The van der Waals surface area contributed by atoms with Gasteiger partial charge in [0.25, 0.3) is 11.8 Å². The fourth-order valence-corrected chi connectivity index (χ4v) is 6.27. The van der Waals surface area contributed by atoms with E-state index in [1.54, 1.807) is 40.1 Å². The molecule has 1 atom stereocenters. The summed E-state index contributed by atoms with van der Waals surface area (Å²) in [7, 11) is 0. The van der Waals surface area contributed by atoms with Crippen LogP contribution in [0.4, 0.5) is 0 Å². The normalized spacial score (nSPS) is 16.4. The summed E-state index contributed by atoms with van der Waals surface area (Å²) in [5.41, 5.74) is 1.71. The maximum Gasteiger partial charge on any atom is 0.257 e. The van der Waals surface area contributed by atoms with Crippen molar-refractivity contribution in [3.63, 3.8) is 0 Å². The molecule has 2 saturated heterocycles. The van der Waals surface area contributed by atoms with E-state index in [1.807, 2.05) is 0 Å². The van der Waals surface area contributed by atoms with E-state index in [0.29, 0.717) is 42.9 Å². The molecule has 0 aromatic heterocycles. The van der Waals surface area contributed by atoms with Crippen LogP contribution in [0.5, 0.6) is 11.5 Å². The van der Waals surface area contributed by atoms with Gasteiger partial charge >= 0.3 is 0 Å². The molecule has 14 heteroatoms. The minimum atomic E-state index is -0.937. The number of amides is 4. The number of benzene rings is 3. The number of rotatable bonds is 6. The van der Waals surface area contributed by atoms with Gasteiger partial charge in [0.2, 0.25) is 11.8 Å². The van der Waals surface area contributed by atoms with E-state index in [-0.39, 0.29) is 63.2 Å². The molecular formula is C35H30Cl3N5O6. The van der Waals surface area contributed by atoms with E-state index in [4.69, 9.17) is 34.8 Å². The second-order valence-electron chi connectivity index (χ2n) is 11.3. The van der Waals surface area contributed by atoms with Crippen LogP contribution in [0.2, 0.25) is 15.1 Å². The van der Waals surface area contributed by atoms with Crippen molar-refractivity contribution in [3.8, 4) is 28.7 Å². The predicted octanol–water partition coefficient (Wildman–Crippen LogP) is 5.09. The molecule has 11 nitrogen and oxygen atoms in total. The molecular weight excluding hydrogens is 693 g/mol. The Morgan fingerprint density at radius 1 is 0.776 bits per heavy atom. The van der Waals surface area contributed by atoms with Crippen molar-refractivity contribution in [2.24, 2.45) is 0 Å². The molecule has 49 heavy (non-hydrogen) atoms. The average Bonchev–Trinajstić information content (AvgIpc) is 3.11. The quantitative estimate of drug-likeness (QED) is 0.338. The highest BCUT2D eigenvalue weighted by molar-refractivity contribution is 6.42. The third-order valence-corrected chi connectivity index (χ3v) is 9.39. The first-order valence-electron chi connectivity index (χ1n) is 15.1. The Labute approximate surface area is 297 Å². The summed E-state index contributed by atoms with van der Waals surface area (Å²) in [6, 6.07) is 13.4. The minimum absolute atomic E-state index is 0.0431. The lowest BCUT2D eigenvalue weighted by Crippen LogP contribution is -2.55. The van der Waals surface area contributed by atoms with Crippen LogP contribution in [-0.4, -0.2) is 105 Å². The molecule has 252 valence electrons. The highest BCUT2D eigenvalue weighted by Gasteiger charge is 2.33. The molecule has 4 amide bonds. The van der Waals surface area contributed by atoms with Crippen molar-refractivity contribution in [1.82, 2.24) is 19.6 Å². The van der Waals surface area contributed by atoms with Crippen LogP contribution in [0.1, 0.15) is 26.3 Å². The Morgan fingerprint density at radius 3 is 2.04 bits per heavy atom. The summed E-state index contributed by atoms with van der Waals surface area (Å²) in [6.45, 7) is 4.93. The number of hydrogen-bond acceptors (Lipinski definition) is 7. The van der Waals surface area contributed by atoms with Gasteiger partial charge in [-0.25, -0.2) is 0 Å². The van der Waals surface area contributed by atoms with Gasteiger partial charge < -0.3 is 29.8 Å². The van der Waals surface area contributed by atoms with E-state index in [0.717, 1.165) is 0 Å². The van der Waals surface area contributed by atoms with Gasteiger partial charge in [-0.3, -0.25) is 19.2 Å². The lowest BCUT2D eigenvalue weighted by Gasteiger charge is -2.37. The molecule has 2 heterocycles. The summed E-state index contributed by atoms with van der Waals surface area (Å²) >= 11 is 18.5. The largest absolute Gasteiger partial charge is 0.507 e. The molecule has 0 saturated carbocycles. The Kier molecular flexibility index (Phi) is 10.8. The maximum absolute atomic E-state index is 13.2. The minimum Gasteiger partial charge on any atom is -0.507 e. The van der Waals surface area contributed by atoms with Gasteiger partial charge in [0.15, 0.2) is 0 Å². The van der Waals surface area contributed by atoms with Crippen molar-refractivity contribution < 1.29 is 29.4 Å². The number of nitriles is 1. The Hall–Kier alpha value is -5.02. The number of hydrogen-bond donors (Lipinski definition) is 2. The number of aromatic hydroxyl groups is 2. The molecule has 0 radical (unpaired) electrons. The molecule has 3 aromatic carbocycles. The maximum atomic E-state index is 13.2. The van der Waals surface area contributed by atoms with E-state index in [9.17, 15) is 34.7 Å². The second-order valence-corrected chi connectivity index (χ2v) is 12.6. The molecule has 0 spiro atoms. The zero-order chi connectivity index (χ0) is 35.4. The molecule has 3 aromatic rings. The van der Waals surface area contributed by atoms with Gasteiger partial charge in [-0.15, -0.1) is 0 Å². The Morgan fingerprint density at radius 2 is 1.37 bits per heavy atom. The highest BCUT2D eigenvalue weighted by Crippen LogP contribution is 2.35. The predicted molar refractivity (Wildman–Crippen MR) is 185 cm³/mol. The molecule has 5 rings (SSSR count). The SMILES string of the molecule is C=CC(=O)N1CCN(C(=O)c2cc(Cl)c(-c3cccc(C=CC(=O)N4CCN(C(=O)c5cc(Cl)c(Cl)cc5O)CC4C#N)c3)cc2O)CC1. The summed E-state index contributed by atoms with van der Waals surface area (Å²) < 4.78 is 0. The van der Waals surface area contributed by atoms with Crippen LogP contribution < -0.4 is 0 Å². The third-order valence-electron chi connectivity index (χ3n) is 8.35. The van der Waals surface area contributed by atoms with Crippen LogP contribution in [0.15, 0.2) is 67.3 Å². The second kappa shape index (κ2) is 15.0. The summed E-state index contributed by atoms with van der Waals surface area (Å²) in [6.07, 6.45) is 4.14. The van der Waals surface area contributed by atoms with Crippen molar-refractivity contribution in [2.75, 3.05) is 45.8 Å². The number of carbonyl (C=O) groups excluding carboxylic acids is 4. The van der Waals surface area contributed by atoms with Crippen LogP contribution >= 0.6 is 34.8 Å². The van der Waals surface area contributed by atoms with Gasteiger partial charge in [0.05, 0.1) is 33.8 Å². The van der Waals surface area contributed by atoms with E-state index >= 15 is 0 Å². The lowest BCUT2D eigenvalue weighted by molar-refractivity contribution is -0.129. The molecule has 2 N–H and O–H groups in total. The van der Waals surface area contributed by atoms with Crippen molar-refractivity contribution >= 4 is 64.5 Å². The molecule has 1 unspecified atom stereocenters. The van der Waals surface area contributed by atoms with Crippen LogP contribution in [-0.2, 0) is 9.59 Å². The van der Waals surface area contributed by atoms with Crippen molar-refractivity contribution in [1.29, 1.82) is 5.26 Å². The molecule has 2 aliphatic heterocycles. The molecule has 2 aliphatic rings. The number of halogens is 3. The first-order chi connectivity index (χ1) is 23.4. The summed E-state index contributed by atoms with van der Waals surface area (Å²) in [5, 5.41) is 31.3. The first-order valence-corrected chi connectivity index (χ1v) is 16.2. The van der Waals surface area contributed by atoms with Crippen LogP contribution in [0.25, 0.3) is 17.2 Å². The van der Waals surface area contributed by atoms with Gasteiger partial charge in [0.1, 0.15) is 17.5 Å². The van der Waals surface area contributed by atoms with Crippen LogP contribution in [0, 0.1) is 11.3 Å². The fourth-order valence-electron chi connectivity index (χ4n) is 5.68.